The Morgan fingerprint density at radius 1 is 1.43 bits per heavy atom. The minimum Gasteiger partial charge on any atom is -0.461 e. The molecule has 0 saturated carbocycles. The van der Waals surface area contributed by atoms with Gasteiger partial charge in [-0.05, 0) is 37.4 Å². The van der Waals surface area contributed by atoms with Crippen LogP contribution in [0.2, 0.25) is 0 Å². The van der Waals surface area contributed by atoms with Crippen LogP contribution in [0.3, 0.4) is 0 Å². The van der Waals surface area contributed by atoms with Crippen molar-refractivity contribution >= 4 is 0 Å². The van der Waals surface area contributed by atoms with Crippen molar-refractivity contribution in [3.8, 4) is 11.5 Å². The van der Waals surface area contributed by atoms with Gasteiger partial charge in [0.15, 0.2) is 5.76 Å². The van der Waals surface area contributed by atoms with Crippen molar-refractivity contribution in [2.75, 3.05) is 13.1 Å². The number of nitrogens with two attached hydrogens (primary N) is 1. The van der Waals surface area contributed by atoms with Gasteiger partial charge >= 0.3 is 0 Å². The Labute approximate surface area is 125 Å². The molecule has 2 atom stereocenters. The van der Waals surface area contributed by atoms with E-state index in [4.69, 9.17) is 14.7 Å². The minimum atomic E-state index is 0.451. The number of hydrogen-bond acceptors (Lipinski definition) is 5. The van der Waals surface area contributed by atoms with Crippen molar-refractivity contribution < 1.29 is 8.94 Å². The Bertz CT molecular complexity index is 550. The van der Waals surface area contributed by atoms with Crippen LogP contribution < -0.4 is 5.73 Å². The first-order valence-corrected chi connectivity index (χ1v) is 7.73. The molecule has 3 heterocycles. The first-order chi connectivity index (χ1) is 10.3. The number of likely N-dealkylation sites (tertiary alicyclic amines) is 1. The summed E-state index contributed by atoms with van der Waals surface area (Å²) >= 11 is 0. The van der Waals surface area contributed by atoms with E-state index in [0.29, 0.717) is 24.1 Å². The maximum atomic E-state index is 5.95. The normalized spacial score (nSPS) is 23.5. The van der Waals surface area contributed by atoms with Crippen LogP contribution in [-0.4, -0.2) is 29.2 Å². The molecule has 2 aromatic rings. The third-order valence-electron chi connectivity index (χ3n) is 4.48. The zero-order chi connectivity index (χ0) is 14.7. The molecule has 0 amide bonds. The molecule has 0 radical (unpaired) electrons. The van der Waals surface area contributed by atoms with Gasteiger partial charge in [-0.25, -0.2) is 0 Å². The SMILES string of the molecule is CCC1CCN(Cc2cc(-c3ccco3)on2)C(CN)C1. The lowest BCUT2D eigenvalue weighted by Crippen LogP contribution is -2.46. The van der Waals surface area contributed by atoms with E-state index in [9.17, 15) is 0 Å². The molecule has 2 aromatic heterocycles. The highest BCUT2D eigenvalue weighted by atomic mass is 16.5. The molecule has 1 fully saturated rings. The Kier molecular flexibility index (Phi) is 4.41. The highest BCUT2D eigenvalue weighted by Crippen LogP contribution is 2.27. The zero-order valence-electron chi connectivity index (χ0n) is 12.5. The average Bonchev–Trinajstić information content (AvgIpc) is 3.18. The second kappa shape index (κ2) is 6.45. The Morgan fingerprint density at radius 2 is 2.33 bits per heavy atom. The van der Waals surface area contributed by atoms with Gasteiger partial charge in [-0.15, -0.1) is 0 Å². The smallest absolute Gasteiger partial charge is 0.202 e. The van der Waals surface area contributed by atoms with Crippen LogP contribution in [0.25, 0.3) is 11.5 Å². The molecule has 3 rings (SSSR count). The fourth-order valence-electron chi connectivity index (χ4n) is 3.14. The van der Waals surface area contributed by atoms with Gasteiger partial charge < -0.3 is 14.7 Å². The summed E-state index contributed by atoms with van der Waals surface area (Å²) in [5.41, 5.74) is 6.89. The Hall–Kier alpha value is -1.59. The molecule has 0 bridgehead atoms. The number of rotatable bonds is 5. The molecular formula is C16H23N3O2. The fourth-order valence-corrected chi connectivity index (χ4v) is 3.14. The van der Waals surface area contributed by atoms with E-state index >= 15 is 0 Å². The Balaban J connectivity index is 1.66. The van der Waals surface area contributed by atoms with E-state index in [-0.39, 0.29) is 0 Å². The molecule has 0 aliphatic carbocycles. The third-order valence-corrected chi connectivity index (χ3v) is 4.48. The Morgan fingerprint density at radius 3 is 3.05 bits per heavy atom. The van der Waals surface area contributed by atoms with Gasteiger partial charge in [0, 0.05) is 25.2 Å². The molecule has 1 aliphatic heterocycles. The van der Waals surface area contributed by atoms with Crippen LogP contribution in [0.5, 0.6) is 0 Å². The summed E-state index contributed by atoms with van der Waals surface area (Å²) in [4.78, 5) is 2.43. The molecular weight excluding hydrogens is 266 g/mol. The van der Waals surface area contributed by atoms with E-state index in [1.165, 1.54) is 19.3 Å². The average molecular weight is 289 g/mol. The molecule has 114 valence electrons. The lowest BCUT2D eigenvalue weighted by Gasteiger charge is -2.38. The largest absolute Gasteiger partial charge is 0.461 e. The molecule has 2 N–H and O–H groups in total. The summed E-state index contributed by atoms with van der Waals surface area (Å²) in [6, 6.07) is 6.13. The lowest BCUT2D eigenvalue weighted by molar-refractivity contribution is 0.105. The van der Waals surface area contributed by atoms with Gasteiger partial charge in [0.2, 0.25) is 5.76 Å². The fraction of sp³-hybridized carbons (Fsp3) is 0.562. The summed E-state index contributed by atoms with van der Waals surface area (Å²) in [6.45, 7) is 4.85. The summed E-state index contributed by atoms with van der Waals surface area (Å²) in [7, 11) is 0. The van der Waals surface area contributed by atoms with Crippen molar-refractivity contribution in [2.45, 2.75) is 38.8 Å². The number of piperidine rings is 1. The van der Waals surface area contributed by atoms with Crippen LogP contribution in [0, 0.1) is 5.92 Å². The van der Waals surface area contributed by atoms with E-state index in [2.05, 4.69) is 17.0 Å². The van der Waals surface area contributed by atoms with Crippen molar-refractivity contribution in [2.24, 2.45) is 11.7 Å². The number of hydrogen-bond donors (Lipinski definition) is 1. The van der Waals surface area contributed by atoms with E-state index < -0.39 is 0 Å². The first-order valence-electron chi connectivity index (χ1n) is 7.73. The van der Waals surface area contributed by atoms with Crippen LogP contribution in [0.15, 0.2) is 33.4 Å². The molecule has 2 unspecified atom stereocenters. The molecule has 21 heavy (non-hydrogen) atoms. The van der Waals surface area contributed by atoms with Gasteiger partial charge in [-0.1, -0.05) is 18.5 Å². The summed E-state index contributed by atoms with van der Waals surface area (Å²) in [5, 5.41) is 4.16. The van der Waals surface area contributed by atoms with Gasteiger partial charge in [0.25, 0.3) is 0 Å². The topological polar surface area (TPSA) is 68.4 Å². The molecule has 5 nitrogen and oxygen atoms in total. The van der Waals surface area contributed by atoms with Crippen LogP contribution in [0.1, 0.15) is 31.9 Å². The van der Waals surface area contributed by atoms with Gasteiger partial charge in [-0.3, -0.25) is 4.90 Å². The number of aromatic nitrogens is 1. The van der Waals surface area contributed by atoms with Gasteiger partial charge in [0.05, 0.1) is 12.0 Å². The lowest BCUT2D eigenvalue weighted by atomic mass is 9.89. The predicted octanol–water partition coefficient (Wildman–Crippen LogP) is 2.88. The van der Waals surface area contributed by atoms with Gasteiger partial charge in [-0.2, -0.15) is 0 Å². The highest BCUT2D eigenvalue weighted by Gasteiger charge is 2.27. The molecule has 1 aliphatic rings. The summed E-state index contributed by atoms with van der Waals surface area (Å²) < 4.78 is 10.7. The molecule has 1 saturated heterocycles. The van der Waals surface area contributed by atoms with E-state index in [0.717, 1.165) is 24.7 Å². The standard InChI is InChI=1S/C16H23N3O2/c1-2-12-5-6-19(14(8-12)10-17)11-13-9-16(21-18-13)15-4-3-7-20-15/h3-4,7,9,12,14H,2,5-6,8,10-11,17H2,1H3. The van der Waals surface area contributed by atoms with Crippen LogP contribution >= 0.6 is 0 Å². The van der Waals surface area contributed by atoms with Gasteiger partial charge in [0.1, 0.15) is 0 Å². The first kappa shape index (κ1) is 14.4. The van der Waals surface area contributed by atoms with E-state index in [1.54, 1.807) is 6.26 Å². The third kappa shape index (κ3) is 3.19. The maximum Gasteiger partial charge on any atom is 0.202 e. The number of nitrogens with zero attached hydrogens (tertiary/aromatic N) is 2. The van der Waals surface area contributed by atoms with Crippen LogP contribution in [0.4, 0.5) is 0 Å². The highest BCUT2D eigenvalue weighted by molar-refractivity contribution is 5.49. The second-order valence-electron chi connectivity index (χ2n) is 5.82. The summed E-state index contributed by atoms with van der Waals surface area (Å²) in [5.74, 6) is 2.21. The minimum absolute atomic E-state index is 0.451. The van der Waals surface area contributed by atoms with Crippen molar-refractivity contribution in [3.63, 3.8) is 0 Å². The molecule has 0 spiro atoms. The second-order valence-corrected chi connectivity index (χ2v) is 5.82. The molecule has 0 aromatic carbocycles. The van der Waals surface area contributed by atoms with E-state index in [1.807, 2.05) is 18.2 Å². The van der Waals surface area contributed by atoms with Crippen molar-refractivity contribution in [1.29, 1.82) is 0 Å². The monoisotopic (exact) mass is 289 g/mol. The molecule has 5 heteroatoms. The zero-order valence-corrected chi connectivity index (χ0v) is 12.5. The summed E-state index contributed by atoms with van der Waals surface area (Å²) in [6.07, 6.45) is 5.32. The van der Waals surface area contributed by atoms with Crippen molar-refractivity contribution in [3.05, 3.63) is 30.2 Å². The van der Waals surface area contributed by atoms with Crippen molar-refractivity contribution in [1.82, 2.24) is 10.1 Å². The van der Waals surface area contributed by atoms with Crippen LogP contribution in [-0.2, 0) is 6.54 Å². The quantitative estimate of drug-likeness (QED) is 0.916. The predicted molar refractivity (Wildman–Crippen MR) is 80.5 cm³/mol. The number of furan rings is 1. The maximum absolute atomic E-state index is 5.95.